The maximum atomic E-state index is 13.9. The summed E-state index contributed by atoms with van der Waals surface area (Å²) in [4.78, 5) is 30.2. The van der Waals surface area contributed by atoms with Crippen molar-refractivity contribution < 1.29 is 13.6 Å². The Labute approximate surface area is 208 Å². The van der Waals surface area contributed by atoms with E-state index in [1.54, 1.807) is 6.07 Å². The number of nitrogens with zero attached hydrogens (tertiary/aromatic N) is 6. The first-order valence-electron chi connectivity index (χ1n) is 12.7. The molecule has 10 heteroatoms. The summed E-state index contributed by atoms with van der Waals surface area (Å²) in [6, 6.07) is 3.97. The molecule has 1 N–H and O–H groups in total. The zero-order valence-electron chi connectivity index (χ0n) is 20.1. The topological polar surface area (TPSA) is 79.2 Å². The van der Waals surface area contributed by atoms with Gasteiger partial charge in [0.15, 0.2) is 11.6 Å². The van der Waals surface area contributed by atoms with Crippen LogP contribution in [0.5, 0.6) is 0 Å². The van der Waals surface area contributed by atoms with Crippen LogP contribution in [0.1, 0.15) is 43.0 Å². The third kappa shape index (κ3) is 4.45. The summed E-state index contributed by atoms with van der Waals surface area (Å²) < 4.78 is 29.7. The SMILES string of the molecule is O=C1Cc2c(ncnc2N2CCC(c3nc(-c4ccc(F)c(F)c4)cn3CCN3CCCC3)CC2)N1. The molecule has 2 aromatic heterocycles. The molecule has 2 saturated heterocycles. The lowest BCUT2D eigenvalue weighted by Crippen LogP contribution is -2.35. The van der Waals surface area contributed by atoms with Crippen molar-refractivity contribution in [1.82, 2.24) is 24.4 Å². The van der Waals surface area contributed by atoms with Gasteiger partial charge in [-0.05, 0) is 57.0 Å². The molecular formula is C26H29F2N7O. The van der Waals surface area contributed by atoms with Gasteiger partial charge in [-0.2, -0.15) is 0 Å². The van der Waals surface area contributed by atoms with Gasteiger partial charge in [0.25, 0.3) is 0 Å². The molecule has 3 aromatic rings. The van der Waals surface area contributed by atoms with Gasteiger partial charge in [-0.15, -0.1) is 0 Å². The van der Waals surface area contributed by atoms with Crippen molar-refractivity contribution in [1.29, 1.82) is 0 Å². The van der Waals surface area contributed by atoms with Crippen molar-refractivity contribution in [2.24, 2.45) is 0 Å². The maximum absolute atomic E-state index is 13.9. The van der Waals surface area contributed by atoms with Crippen LogP contribution in [0.4, 0.5) is 20.4 Å². The molecule has 0 atom stereocenters. The van der Waals surface area contributed by atoms with E-state index in [0.29, 0.717) is 23.5 Å². The number of anilines is 2. The maximum Gasteiger partial charge on any atom is 0.230 e. The summed E-state index contributed by atoms with van der Waals surface area (Å²) in [5.74, 6) is 0.919. The van der Waals surface area contributed by atoms with Crippen LogP contribution in [0.3, 0.4) is 0 Å². The first-order valence-corrected chi connectivity index (χ1v) is 12.7. The van der Waals surface area contributed by atoms with Crippen molar-refractivity contribution in [3.8, 4) is 11.3 Å². The van der Waals surface area contributed by atoms with E-state index in [4.69, 9.17) is 4.98 Å². The summed E-state index contributed by atoms with van der Waals surface area (Å²) in [6.07, 6.45) is 8.05. The second-order valence-electron chi connectivity index (χ2n) is 9.87. The van der Waals surface area contributed by atoms with E-state index >= 15 is 0 Å². The summed E-state index contributed by atoms with van der Waals surface area (Å²) in [6.45, 7) is 5.61. The van der Waals surface area contributed by atoms with Gasteiger partial charge in [0.1, 0.15) is 23.8 Å². The number of carbonyl (C=O) groups excluding carboxylic acids is 1. The Bertz CT molecular complexity index is 1280. The number of piperidine rings is 1. The van der Waals surface area contributed by atoms with E-state index in [1.165, 1.54) is 25.2 Å². The van der Waals surface area contributed by atoms with E-state index in [9.17, 15) is 13.6 Å². The first kappa shape index (κ1) is 23.0. The minimum Gasteiger partial charge on any atom is -0.356 e. The van der Waals surface area contributed by atoms with Crippen LogP contribution in [0.2, 0.25) is 0 Å². The number of rotatable bonds is 6. The Hall–Kier alpha value is -3.40. The van der Waals surface area contributed by atoms with Crippen LogP contribution in [0.15, 0.2) is 30.7 Å². The van der Waals surface area contributed by atoms with Gasteiger partial charge in [-0.1, -0.05) is 0 Å². The van der Waals surface area contributed by atoms with Crippen molar-refractivity contribution in [3.05, 3.63) is 53.7 Å². The van der Waals surface area contributed by atoms with E-state index < -0.39 is 11.6 Å². The highest BCUT2D eigenvalue weighted by atomic mass is 19.2. The van der Waals surface area contributed by atoms with Crippen molar-refractivity contribution in [2.45, 2.75) is 44.6 Å². The minimum atomic E-state index is -0.862. The molecule has 3 aliphatic heterocycles. The van der Waals surface area contributed by atoms with E-state index in [1.807, 2.05) is 6.20 Å². The molecule has 1 aromatic carbocycles. The number of hydrogen-bond acceptors (Lipinski definition) is 6. The largest absolute Gasteiger partial charge is 0.356 e. The molecule has 1 amide bonds. The summed E-state index contributed by atoms with van der Waals surface area (Å²) in [5.41, 5.74) is 2.13. The predicted octanol–water partition coefficient (Wildman–Crippen LogP) is 3.59. The minimum absolute atomic E-state index is 0.0496. The number of nitrogens with one attached hydrogen (secondary N) is 1. The molecule has 0 saturated carbocycles. The highest BCUT2D eigenvalue weighted by molar-refractivity contribution is 5.99. The second-order valence-corrected chi connectivity index (χ2v) is 9.87. The monoisotopic (exact) mass is 493 g/mol. The molecule has 0 radical (unpaired) electrons. The molecule has 8 nitrogen and oxygen atoms in total. The molecule has 3 aliphatic rings. The lowest BCUT2D eigenvalue weighted by molar-refractivity contribution is -0.115. The van der Waals surface area contributed by atoms with Crippen molar-refractivity contribution in [2.75, 3.05) is 42.9 Å². The lowest BCUT2D eigenvalue weighted by Gasteiger charge is -2.33. The van der Waals surface area contributed by atoms with Gasteiger partial charge in [0.2, 0.25) is 5.91 Å². The zero-order chi connectivity index (χ0) is 24.6. The fourth-order valence-corrected chi connectivity index (χ4v) is 5.62. The van der Waals surface area contributed by atoms with Crippen molar-refractivity contribution in [3.63, 3.8) is 0 Å². The van der Waals surface area contributed by atoms with Gasteiger partial charge < -0.3 is 19.7 Å². The molecule has 5 heterocycles. The molecule has 0 unspecified atom stereocenters. The zero-order valence-corrected chi connectivity index (χ0v) is 20.1. The second kappa shape index (κ2) is 9.57. The van der Waals surface area contributed by atoms with Gasteiger partial charge in [0.05, 0.1) is 12.1 Å². The van der Waals surface area contributed by atoms with Crippen LogP contribution >= 0.6 is 0 Å². The number of aromatic nitrogens is 4. The summed E-state index contributed by atoms with van der Waals surface area (Å²) >= 11 is 0. The third-order valence-corrected chi connectivity index (χ3v) is 7.56. The number of likely N-dealkylation sites (tertiary alicyclic amines) is 1. The first-order chi connectivity index (χ1) is 17.5. The number of imidazole rings is 1. The average Bonchev–Trinajstić information content (AvgIpc) is 3.63. The van der Waals surface area contributed by atoms with Gasteiger partial charge in [-0.25, -0.2) is 23.7 Å². The number of carbonyl (C=O) groups is 1. The van der Waals surface area contributed by atoms with E-state index in [2.05, 4.69) is 29.7 Å². The Morgan fingerprint density at radius 1 is 1.00 bits per heavy atom. The number of hydrogen-bond donors (Lipinski definition) is 1. The molecule has 2 fully saturated rings. The molecular weight excluding hydrogens is 464 g/mol. The third-order valence-electron chi connectivity index (χ3n) is 7.56. The smallest absolute Gasteiger partial charge is 0.230 e. The number of halogens is 2. The fourth-order valence-electron chi connectivity index (χ4n) is 5.62. The number of amides is 1. The van der Waals surface area contributed by atoms with Crippen molar-refractivity contribution >= 4 is 17.5 Å². The van der Waals surface area contributed by atoms with E-state index in [0.717, 1.165) is 75.4 Å². The number of fused-ring (bicyclic) bond motifs is 1. The molecule has 36 heavy (non-hydrogen) atoms. The normalized spacial score (nSPS) is 18.6. The quantitative estimate of drug-likeness (QED) is 0.566. The average molecular weight is 494 g/mol. The summed E-state index contributed by atoms with van der Waals surface area (Å²) in [7, 11) is 0. The van der Waals surface area contributed by atoms with Gasteiger partial charge in [0, 0.05) is 49.4 Å². The van der Waals surface area contributed by atoms with Crippen LogP contribution in [0.25, 0.3) is 11.3 Å². The Morgan fingerprint density at radius 3 is 2.58 bits per heavy atom. The Morgan fingerprint density at radius 2 is 1.81 bits per heavy atom. The fraction of sp³-hybridized carbons (Fsp3) is 0.462. The Balaban J connectivity index is 1.23. The van der Waals surface area contributed by atoms with Crippen LogP contribution in [0, 0.1) is 11.6 Å². The molecule has 0 spiro atoms. The summed E-state index contributed by atoms with van der Waals surface area (Å²) in [5, 5.41) is 2.80. The molecule has 6 rings (SSSR count). The highest BCUT2D eigenvalue weighted by Gasteiger charge is 2.30. The van der Waals surface area contributed by atoms with E-state index in [-0.39, 0.29) is 11.8 Å². The predicted molar refractivity (Wildman–Crippen MR) is 132 cm³/mol. The standard InChI is InChI=1S/C26H29F2N7O/c27-20-4-3-18(13-21(20)28)22-15-35(12-11-33-7-1-2-8-33)25(31-22)17-5-9-34(10-6-17)26-19-14-23(36)32-24(19)29-16-30-26/h3-4,13,15-17H,1-2,5-12,14H2,(H,29,30,32,36). The van der Waals surface area contributed by atoms with Gasteiger partial charge in [-0.3, -0.25) is 4.79 Å². The molecule has 188 valence electrons. The Kier molecular flexibility index (Phi) is 6.12. The highest BCUT2D eigenvalue weighted by Crippen LogP contribution is 2.35. The van der Waals surface area contributed by atoms with Crippen LogP contribution < -0.4 is 10.2 Å². The van der Waals surface area contributed by atoms with Crippen LogP contribution in [-0.2, 0) is 17.8 Å². The lowest BCUT2D eigenvalue weighted by atomic mass is 9.95. The van der Waals surface area contributed by atoms with Gasteiger partial charge >= 0.3 is 0 Å². The number of benzene rings is 1. The molecule has 0 aliphatic carbocycles. The molecule has 0 bridgehead atoms. The van der Waals surface area contributed by atoms with Crippen LogP contribution in [-0.4, -0.2) is 63.0 Å².